The van der Waals surface area contributed by atoms with Crippen molar-refractivity contribution < 1.29 is 4.74 Å². The Morgan fingerprint density at radius 3 is 2.90 bits per heavy atom. The molecule has 0 amide bonds. The quantitative estimate of drug-likeness (QED) is 0.867. The van der Waals surface area contributed by atoms with E-state index in [-0.39, 0.29) is 0 Å². The smallest absolute Gasteiger partial charge is 0.212 e. The van der Waals surface area contributed by atoms with Crippen LogP contribution in [-0.2, 0) is 0 Å². The zero-order valence-corrected chi connectivity index (χ0v) is 12.9. The summed E-state index contributed by atoms with van der Waals surface area (Å²) in [5, 5.41) is 3.35. The molecule has 0 spiro atoms. The third-order valence-electron chi connectivity index (χ3n) is 4.15. The second-order valence-electron chi connectivity index (χ2n) is 5.57. The van der Waals surface area contributed by atoms with Crippen molar-refractivity contribution in [3.05, 3.63) is 23.9 Å². The average molecular weight is 277 g/mol. The van der Waals surface area contributed by atoms with Gasteiger partial charge in [0.05, 0.1) is 7.11 Å². The molecule has 1 aromatic heterocycles. The molecule has 1 aliphatic rings. The molecular formula is C16H27N3O. The first-order valence-corrected chi connectivity index (χ1v) is 7.68. The van der Waals surface area contributed by atoms with Crippen LogP contribution in [0.5, 0.6) is 5.88 Å². The van der Waals surface area contributed by atoms with Crippen molar-refractivity contribution in [3.8, 4) is 5.88 Å². The van der Waals surface area contributed by atoms with Gasteiger partial charge in [0.25, 0.3) is 0 Å². The maximum atomic E-state index is 5.17. The summed E-state index contributed by atoms with van der Waals surface area (Å²) in [5.74, 6) is 1.35. The van der Waals surface area contributed by atoms with Crippen LogP contribution < -0.4 is 10.1 Å². The Labute approximate surface area is 122 Å². The highest BCUT2D eigenvalue weighted by molar-refractivity contribution is 5.22. The summed E-state index contributed by atoms with van der Waals surface area (Å²) in [6.07, 6.45) is 5.77. The lowest BCUT2D eigenvalue weighted by Crippen LogP contribution is -2.42. The first-order chi connectivity index (χ1) is 9.80. The molecular weight excluding hydrogens is 250 g/mol. The number of nitrogens with one attached hydrogen (secondary N) is 1. The van der Waals surface area contributed by atoms with Gasteiger partial charge in [-0.3, -0.25) is 4.90 Å². The molecule has 20 heavy (non-hydrogen) atoms. The van der Waals surface area contributed by atoms with Crippen LogP contribution in [0.2, 0.25) is 0 Å². The van der Waals surface area contributed by atoms with Gasteiger partial charge in [-0.2, -0.15) is 0 Å². The molecule has 2 rings (SSSR count). The molecule has 0 saturated carbocycles. The monoisotopic (exact) mass is 277 g/mol. The Hall–Kier alpha value is -1.13. The van der Waals surface area contributed by atoms with Crippen LogP contribution in [0.3, 0.4) is 0 Å². The molecule has 1 aliphatic heterocycles. The predicted molar refractivity (Wildman–Crippen MR) is 82.0 cm³/mol. The Kier molecular flexibility index (Phi) is 5.80. The SMILES string of the molecule is CCCN1CCCC(CNC)C1c1ccc(OC)nc1. The highest BCUT2D eigenvalue weighted by Crippen LogP contribution is 2.35. The molecule has 0 radical (unpaired) electrons. The van der Waals surface area contributed by atoms with Crippen LogP contribution in [0.4, 0.5) is 0 Å². The zero-order valence-electron chi connectivity index (χ0n) is 12.9. The van der Waals surface area contributed by atoms with Crippen molar-refractivity contribution in [2.75, 3.05) is 33.8 Å². The van der Waals surface area contributed by atoms with Crippen molar-refractivity contribution in [1.82, 2.24) is 15.2 Å². The van der Waals surface area contributed by atoms with Crippen molar-refractivity contribution in [2.24, 2.45) is 5.92 Å². The topological polar surface area (TPSA) is 37.4 Å². The van der Waals surface area contributed by atoms with E-state index in [9.17, 15) is 0 Å². The van der Waals surface area contributed by atoms with Gasteiger partial charge in [0, 0.05) is 18.3 Å². The molecule has 0 aliphatic carbocycles. The molecule has 0 aromatic carbocycles. The van der Waals surface area contributed by atoms with Gasteiger partial charge in [-0.15, -0.1) is 0 Å². The molecule has 112 valence electrons. The van der Waals surface area contributed by atoms with E-state index < -0.39 is 0 Å². The molecule has 4 nitrogen and oxygen atoms in total. The minimum absolute atomic E-state index is 0.481. The van der Waals surface area contributed by atoms with Gasteiger partial charge in [-0.25, -0.2) is 4.98 Å². The first-order valence-electron chi connectivity index (χ1n) is 7.68. The fourth-order valence-electron chi connectivity index (χ4n) is 3.34. The lowest BCUT2D eigenvalue weighted by atomic mass is 9.85. The molecule has 1 N–H and O–H groups in total. The van der Waals surface area contributed by atoms with E-state index >= 15 is 0 Å². The molecule has 1 aromatic rings. The number of rotatable bonds is 6. The Bertz CT molecular complexity index is 375. The van der Waals surface area contributed by atoms with Crippen molar-refractivity contribution in [2.45, 2.75) is 32.2 Å². The minimum atomic E-state index is 0.481. The van der Waals surface area contributed by atoms with Crippen molar-refractivity contribution >= 4 is 0 Å². The van der Waals surface area contributed by atoms with Gasteiger partial charge in [0.15, 0.2) is 0 Å². The summed E-state index contributed by atoms with van der Waals surface area (Å²) in [6.45, 7) is 5.68. The summed E-state index contributed by atoms with van der Waals surface area (Å²) >= 11 is 0. The number of likely N-dealkylation sites (tertiary alicyclic amines) is 1. The fraction of sp³-hybridized carbons (Fsp3) is 0.688. The molecule has 2 heterocycles. The Balaban J connectivity index is 2.22. The van der Waals surface area contributed by atoms with Gasteiger partial charge in [0.2, 0.25) is 5.88 Å². The summed E-state index contributed by atoms with van der Waals surface area (Å²) < 4.78 is 5.17. The molecule has 2 atom stereocenters. The summed E-state index contributed by atoms with van der Waals surface area (Å²) in [7, 11) is 3.71. The number of piperidine rings is 1. The number of hydrogen-bond donors (Lipinski definition) is 1. The normalized spacial score (nSPS) is 23.8. The highest BCUT2D eigenvalue weighted by Gasteiger charge is 2.31. The predicted octanol–water partition coefficient (Wildman–Crippen LogP) is 2.47. The molecule has 4 heteroatoms. The van der Waals surface area contributed by atoms with Gasteiger partial charge in [-0.05, 0) is 57.4 Å². The summed E-state index contributed by atoms with van der Waals surface area (Å²) in [6, 6.07) is 4.63. The second kappa shape index (κ2) is 7.60. The molecule has 1 fully saturated rings. The maximum Gasteiger partial charge on any atom is 0.212 e. The highest BCUT2D eigenvalue weighted by atomic mass is 16.5. The number of pyridine rings is 1. The third kappa shape index (κ3) is 3.49. The number of ether oxygens (including phenoxy) is 1. The Morgan fingerprint density at radius 1 is 1.45 bits per heavy atom. The van der Waals surface area contributed by atoms with E-state index in [1.54, 1.807) is 7.11 Å². The Morgan fingerprint density at radius 2 is 2.30 bits per heavy atom. The number of nitrogens with zero attached hydrogens (tertiary/aromatic N) is 2. The van der Waals surface area contributed by atoms with E-state index in [1.807, 2.05) is 19.3 Å². The summed E-state index contributed by atoms with van der Waals surface area (Å²) in [5.41, 5.74) is 1.32. The van der Waals surface area contributed by atoms with E-state index in [0.29, 0.717) is 17.8 Å². The largest absolute Gasteiger partial charge is 0.481 e. The van der Waals surface area contributed by atoms with Gasteiger partial charge in [-0.1, -0.05) is 13.0 Å². The van der Waals surface area contributed by atoms with E-state index in [1.165, 1.54) is 31.4 Å². The minimum Gasteiger partial charge on any atom is -0.481 e. The van der Waals surface area contributed by atoms with E-state index in [4.69, 9.17) is 4.74 Å². The maximum absolute atomic E-state index is 5.17. The molecule has 2 unspecified atom stereocenters. The molecule has 0 bridgehead atoms. The lowest BCUT2D eigenvalue weighted by molar-refractivity contribution is 0.0921. The van der Waals surface area contributed by atoms with Crippen molar-refractivity contribution in [3.63, 3.8) is 0 Å². The zero-order chi connectivity index (χ0) is 14.4. The summed E-state index contributed by atoms with van der Waals surface area (Å²) in [4.78, 5) is 7.01. The number of hydrogen-bond acceptors (Lipinski definition) is 4. The average Bonchev–Trinajstić information content (AvgIpc) is 2.48. The first kappa shape index (κ1) is 15.3. The standard InChI is InChI=1S/C16H27N3O/c1-4-9-19-10-5-6-13(11-17-2)16(19)14-7-8-15(20-3)18-12-14/h7-8,12-13,16-17H,4-6,9-11H2,1-3H3. The van der Waals surface area contributed by atoms with Gasteiger partial charge < -0.3 is 10.1 Å². The second-order valence-corrected chi connectivity index (χ2v) is 5.57. The van der Waals surface area contributed by atoms with Crippen LogP contribution in [0.15, 0.2) is 18.3 Å². The van der Waals surface area contributed by atoms with Crippen LogP contribution >= 0.6 is 0 Å². The van der Waals surface area contributed by atoms with Gasteiger partial charge >= 0.3 is 0 Å². The van der Waals surface area contributed by atoms with Crippen molar-refractivity contribution in [1.29, 1.82) is 0 Å². The number of methoxy groups -OCH3 is 1. The van der Waals surface area contributed by atoms with Gasteiger partial charge in [0.1, 0.15) is 0 Å². The third-order valence-corrected chi connectivity index (χ3v) is 4.15. The van der Waals surface area contributed by atoms with Crippen LogP contribution in [0, 0.1) is 5.92 Å². The molecule has 1 saturated heterocycles. The lowest BCUT2D eigenvalue weighted by Gasteiger charge is -2.41. The van der Waals surface area contributed by atoms with Crippen LogP contribution in [-0.4, -0.2) is 43.7 Å². The van der Waals surface area contributed by atoms with Crippen LogP contribution in [0.1, 0.15) is 37.8 Å². The van der Waals surface area contributed by atoms with E-state index in [2.05, 4.69) is 28.2 Å². The fourth-order valence-corrected chi connectivity index (χ4v) is 3.34. The number of aromatic nitrogens is 1. The van der Waals surface area contributed by atoms with E-state index in [0.717, 1.165) is 13.1 Å². The van der Waals surface area contributed by atoms with Crippen LogP contribution in [0.25, 0.3) is 0 Å².